The molecule has 2 amide bonds. The van der Waals surface area contributed by atoms with Crippen LogP contribution < -0.4 is 9.64 Å². The third-order valence-corrected chi connectivity index (χ3v) is 6.10. The van der Waals surface area contributed by atoms with Crippen molar-refractivity contribution in [2.45, 2.75) is 31.1 Å². The Morgan fingerprint density at radius 2 is 1.76 bits per heavy atom. The molecule has 1 saturated heterocycles. The van der Waals surface area contributed by atoms with Crippen LogP contribution in [0, 0.1) is 0 Å². The molecule has 6 heteroatoms. The zero-order chi connectivity index (χ0) is 20.2. The second-order valence-corrected chi connectivity index (χ2v) is 8.37. The smallest absolute Gasteiger partial charge is 0.265 e. The Balaban J connectivity index is 1.59. The number of ether oxygens (including phenoxy) is 1. The summed E-state index contributed by atoms with van der Waals surface area (Å²) in [6, 6.07) is 15.2. The van der Waals surface area contributed by atoms with Crippen LogP contribution in [0.3, 0.4) is 0 Å². The van der Waals surface area contributed by atoms with E-state index in [0.29, 0.717) is 17.0 Å². The van der Waals surface area contributed by atoms with Gasteiger partial charge in [-0.1, -0.05) is 24.3 Å². The number of carbonyl (C=O) groups is 2. The number of thioether (sulfide) groups is 1. The average molecular weight is 411 g/mol. The van der Waals surface area contributed by atoms with Crippen molar-refractivity contribution in [1.29, 1.82) is 0 Å². The van der Waals surface area contributed by atoms with Crippen molar-refractivity contribution in [2.24, 2.45) is 0 Å². The zero-order valence-electron chi connectivity index (χ0n) is 16.7. The van der Waals surface area contributed by atoms with Gasteiger partial charge in [0.2, 0.25) is 0 Å². The van der Waals surface area contributed by atoms with Crippen LogP contribution in [0.4, 0.5) is 5.69 Å². The lowest BCUT2D eigenvalue weighted by Crippen LogP contribution is -2.52. The van der Waals surface area contributed by atoms with Gasteiger partial charge < -0.3 is 14.5 Å². The van der Waals surface area contributed by atoms with Crippen LogP contribution in [0.1, 0.15) is 35.2 Å². The molecule has 0 spiro atoms. The highest BCUT2D eigenvalue weighted by molar-refractivity contribution is 7.97. The summed E-state index contributed by atoms with van der Waals surface area (Å²) in [5.41, 5.74) is 2.53. The molecule has 0 bridgehead atoms. The molecule has 2 aromatic rings. The van der Waals surface area contributed by atoms with Gasteiger partial charge in [0.15, 0.2) is 6.10 Å². The van der Waals surface area contributed by atoms with Gasteiger partial charge in [-0.15, -0.1) is 0 Å². The van der Waals surface area contributed by atoms with Gasteiger partial charge in [0, 0.05) is 24.4 Å². The molecule has 2 heterocycles. The van der Waals surface area contributed by atoms with Crippen molar-refractivity contribution >= 4 is 29.3 Å². The molecule has 0 aromatic heterocycles. The SMILES string of the molecule is CSCc1ccc(C(=O)N2C[C@H](C(=O)N3CCCCC3)Oc3ccccc32)cc1. The molecule has 2 aliphatic heterocycles. The number of likely N-dealkylation sites (tertiary alicyclic amines) is 1. The summed E-state index contributed by atoms with van der Waals surface area (Å²) in [5, 5.41) is 0. The summed E-state index contributed by atoms with van der Waals surface area (Å²) in [6.07, 6.45) is 4.61. The van der Waals surface area contributed by atoms with E-state index in [1.165, 1.54) is 5.56 Å². The Morgan fingerprint density at radius 3 is 2.48 bits per heavy atom. The largest absolute Gasteiger partial charge is 0.476 e. The lowest BCUT2D eigenvalue weighted by molar-refractivity contribution is -0.139. The molecule has 152 valence electrons. The van der Waals surface area contributed by atoms with Crippen LogP contribution in [0.2, 0.25) is 0 Å². The summed E-state index contributed by atoms with van der Waals surface area (Å²) in [7, 11) is 0. The van der Waals surface area contributed by atoms with E-state index < -0.39 is 6.10 Å². The number of nitrogens with zero attached hydrogens (tertiary/aromatic N) is 2. The van der Waals surface area contributed by atoms with E-state index >= 15 is 0 Å². The summed E-state index contributed by atoms with van der Waals surface area (Å²) < 4.78 is 6.03. The fourth-order valence-corrected chi connectivity index (χ4v) is 4.47. The fraction of sp³-hybridized carbons (Fsp3) is 0.391. The van der Waals surface area contributed by atoms with Crippen LogP contribution in [-0.4, -0.2) is 48.7 Å². The van der Waals surface area contributed by atoms with Crippen molar-refractivity contribution in [3.63, 3.8) is 0 Å². The number of piperidine rings is 1. The lowest BCUT2D eigenvalue weighted by atomic mass is 10.1. The highest BCUT2D eigenvalue weighted by Gasteiger charge is 2.36. The van der Waals surface area contributed by atoms with E-state index in [2.05, 4.69) is 6.26 Å². The summed E-state index contributed by atoms with van der Waals surface area (Å²) in [4.78, 5) is 29.9. The Hall–Kier alpha value is -2.47. The monoisotopic (exact) mass is 410 g/mol. The molecule has 29 heavy (non-hydrogen) atoms. The number of fused-ring (bicyclic) bond motifs is 1. The molecule has 1 atom stereocenters. The number of para-hydroxylation sites is 2. The predicted octanol–water partition coefficient (Wildman–Crippen LogP) is 3.97. The maximum atomic E-state index is 13.3. The number of carbonyl (C=O) groups excluding carboxylic acids is 2. The average Bonchev–Trinajstić information content (AvgIpc) is 2.78. The number of amides is 2. The van der Waals surface area contributed by atoms with Gasteiger partial charge in [-0.3, -0.25) is 9.59 Å². The number of benzene rings is 2. The van der Waals surface area contributed by atoms with Crippen LogP contribution >= 0.6 is 11.8 Å². The third-order valence-electron chi connectivity index (χ3n) is 5.47. The molecule has 1 fully saturated rings. The minimum absolute atomic E-state index is 0.0210. The second kappa shape index (κ2) is 8.91. The van der Waals surface area contributed by atoms with Gasteiger partial charge in [-0.05, 0) is 55.3 Å². The molecule has 5 nitrogen and oxygen atoms in total. The van der Waals surface area contributed by atoms with E-state index in [9.17, 15) is 9.59 Å². The van der Waals surface area contributed by atoms with Gasteiger partial charge in [-0.25, -0.2) is 0 Å². The molecule has 0 saturated carbocycles. The lowest BCUT2D eigenvalue weighted by Gasteiger charge is -2.37. The van der Waals surface area contributed by atoms with E-state index in [1.807, 2.05) is 53.4 Å². The number of anilines is 1. The normalized spacial score (nSPS) is 18.7. The second-order valence-electron chi connectivity index (χ2n) is 7.51. The maximum Gasteiger partial charge on any atom is 0.265 e. The van der Waals surface area contributed by atoms with Crippen molar-refractivity contribution in [1.82, 2.24) is 4.90 Å². The minimum Gasteiger partial charge on any atom is -0.476 e. The van der Waals surface area contributed by atoms with E-state index in [0.717, 1.165) is 38.1 Å². The number of hydrogen-bond acceptors (Lipinski definition) is 4. The minimum atomic E-state index is -0.664. The van der Waals surface area contributed by atoms with Crippen LogP contribution in [-0.2, 0) is 10.5 Å². The third kappa shape index (κ3) is 4.27. The topological polar surface area (TPSA) is 49.9 Å². The molecule has 0 aliphatic carbocycles. The van der Waals surface area contributed by atoms with E-state index in [-0.39, 0.29) is 18.4 Å². The Bertz CT molecular complexity index is 878. The highest BCUT2D eigenvalue weighted by atomic mass is 32.2. The van der Waals surface area contributed by atoms with Crippen LogP contribution in [0.25, 0.3) is 0 Å². The Labute approximate surface area is 176 Å². The van der Waals surface area contributed by atoms with Gasteiger partial charge in [0.05, 0.1) is 12.2 Å². The van der Waals surface area contributed by atoms with Crippen LogP contribution in [0.5, 0.6) is 5.75 Å². The molecule has 0 unspecified atom stereocenters. The van der Waals surface area contributed by atoms with E-state index in [1.54, 1.807) is 16.7 Å². The maximum absolute atomic E-state index is 13.3. The van der Waals surface area contributed by atoms with Crippen LogP contribution in [0.15, 0.2) is 48.5 Å². The van der Waals surface area contributed by atoms with Crippen molar-refractivity contribution < 1.29 is 14.3 Å². The van der Waals surface area contributed by atoms with Crippen molar-refractivity contribution in [3.05, 3.63) is 59.7 Å². The van der Waals surface area contributed by atoms with Gasteiger partial charge in [0.25, 0.3) is 11.8 Å². The first-order valence-corrected chi connectivity index (χ1v) is 11.5. The summed E-state index contributed by atoms with van der Waals surface area (Å²) in [5.74, 6) is 1.38. The number of rotatable bonds is 4. The molecule has 0 N–H and O–H groups in total. The molecule has 2 aliphatic rings. The zero-order valence-corrected chi connectivity index (χ0v) is 17.5. The predicted molar refractivity (Wildman–Crippen MR) is 117 cm³/mol. The summed E-state index contributed by atoms with van der Waals surface area (Å²) in [6.45, 7) is 1.77. The standard InChI is InChI=1S/C23H26N2O3S/c1-29-16-17-9-11-18(12-10-17)22(26)25-15-21(23(27)24-13-5-2-6-14-24)28-20-8-4-3-7-19(20)25/h3-4,7-12,21H,2,5-6,13-16H2,1H3/t21-/m1/s1. The van der Waals surface area contributed by atoms with Gasteiger partial charge in [0.1, 0.15) is 5.75 Å². The quantitative estimate of drug-likeness (QED) is 0.765. The fourth-order valence-electron chi connectivity index (χ4n) is 3.94. The number of hydrogen-bond donors (Lipinski definition) is 0. The van der Waals surface area contributed by atoms with Gasteiger partial charge in [-0.2, -0.15) is 11.8 Å². The summed E-state index contributed by atoms with van der Waals surface area (Å²) >= 11 is 1.75. The first-order chi connectivity index (χ1) is 14.2. The van der Waals surface area contributed by atoms with E-state index in [4.69, 9.17) is 4.74 Å². The Morgan fingerprint density at radius 1 is 1.03 bits per heavy atom. The molecular formula is C23H26N2O3S. The van der Waals surface area contributed by atoms with Crippen molar-refractivity contribution in [3.8, 4) is 5.75 Å². The van der Waals surface area contributed by atoms with Gasteiger partial charge >= 0.3 is 0 Å². The molecular weight excluding hydrogens is 384 g/mol. The first kappa shape index (κ1) is 19.8. The first-order valence-electron chi connectivity index (χ1n) is 10.1. The van der Waals surface area contributed by atoms with Crippen molar-refractivity contribution in [2.75, 3.05) is 30.8 Å². The molecule has 4 rings (SSSR count). The highest BCUT2D eigenvalue weighted by Crippen LogP contribution is 2.34. The Kier molecular flexibility index (Phi) is 6.09. The molecule has 2 aromatic carbocycles. The molecule has 0 radical (unpaired) electrons.